The predicted octanol–water partition coefficient (Wildman–Crippen LogP) is 15.2. The van der Waals surface area contributed by atoms with Crippen LogP contribution in [0.15, 0.2) is 219 Å². The molecule has 0 atom stereocenters. The number of nitrogens with zero attached hydrogens (tertiary/aromatic N) is 2. The number of rotatable bonds is 7. The highest BCUT2D eigenvalue weighted by molar-refractivity contribution is 6.28. The second kappa shape index (κ2) is 13.6. The van der Waals surface area contributed by atoms with Crippen LogP contribution in [0.25, 0.3) is 88.3 Å². The summed E-state index contributed by atoms with van der Waals surface area (Å²) in [6.45, 7) is 0. The van der Waals surface area contributed by atoms with Crippen molar-refractivity contribution in [1.29, 1.82) is 0 Å². The lowest BCUT2D eigenvalue weighted by molar-refractivity contribution is 1.18. The number of fused-ring (bicyclic) bond motifs is 4. The molecule has 2 nitrogen and oxygen atoms in total. The van der Waals surface area contributed by atoms with E-state index in [9.17, 15) is 0 Å². The van der Waals surface area contributed by atoms with Gasteiger partial charge in [0.2, 0.25) is 0 Å². The van der Waals surface area contributed by atoms with Gasteiger partial charge in [-0.3, -0.25) is 4.90 Å². The quantitative estimate of drug-likeness (QED) is 0.163. The average molecular weight is 725 g/mol. The monoisotopic (exact) mass is 724 g/mol. The molecule has 57 heavy (non-hydrogen) atoms. The Morgan fingerprint density at radius 1 is 0.298 bits per heavy atom. The third-order valence-electron chi connectivity index (χ3n) is 11.4. The van der Waals surface area contributed by atoms with E-state index in [4.69, 9.17) is 4.98 Å². The zero-order chi connectivity index (χ0) is 37.7. The van der Waals surface area contributed by atoms with Gasteiger partial charge in [0.05, 0.1) is 0 Å². The minimum absolute atomic E-state index is 0.868. The van der Waals surface area contributed by atoms with Crippen LogP contribution in [0.4, 0.5) is 17.2 Å². The molecule has 9 aromatic carbocycles. The van der Waals surface area contributed by atoms with E-state index in [1.807, 2.05) is 12.3 Å². The summed E-state index contributed by atoms with van der Waals surface area (Å²) in [5, 5.41) is 5.09. The van der Waals surface area contributed by atoms with Crippen molar-refractivity contribution in [2.24, 2.45) is 0 Å². The smallest absolute Gasteiger partial charge is 0.137 e. The van der Waals surface area contributed by atoms with Crippen LogP contribution in [0.2, 0.25) is 0 Å². The van der Waals surface area contributed by atoms with E-state index in [0.29, 0.717) is 0 Å². The molecule has 11 rings (SSSR count). The van der Waals surface area contributed by atoms with Crippen molar-refractivity contribution >= 4 is 38.7 Å². The number of hydrogen-bond acceptors (Lipinski definition) is 2. The number of benzene rings is 9. The van der Waals surface area contributed by atoms with E-state index in [-0.39, 0.29) is 0 Å². The summed E-state index contributed by atoms with van der Waals surface area (Å²) < 4.78 is 0. The molecule has 10 aromatic rings. The van der Waals surface area contributed by atoms with Crippen LogP contribution >= 0.6 is 0 Å². The van der Waals surface area contributed by atoms with Crippen molar-refractivity contribution in [1.82, 2.24) is 4.98 Å². The van der Waals surface area contributed by atoms with Crippen molar-refractivity contribution < 1.29 is 0 Å². The van der Waals surface area contributed by atoms with Crippen LogP contribution in [0.3, 0.4) is 0 Å². The van der Waals surface area contributed by atoms with Crippen LogP contribution in [0, 0.1) is 0 Å². The number of aromatic nitrogens is 1. The van der Waals surface area contributed by atoms with E-state index in [1.54, 1.807) is 0 Å². The first kappa shape index (κ1) is 32.8. The van der Waals surface area contributed by atoms with Gasteiger partial charge in [-0.1, -0.05) is 176 Å². The molecule has 1 heterocycles. The molecule has 1 aliphatic rings. The maximum absolute atomic E-state index is 4.83. The lowest BCUT2D eigenvalue weighted by atomic mass is 9.82. The van der Waals surface area contributed by atoms with Gasteiger partial charge in [-0.25, -0.2) is 4.98 Å². The van der Waals surface area contributed by atoms with Crippen LogP contribution in [0.5, 0.6) is 0 Å². The Morgan fingerprint density at radius 2 is 0.807 bits per heavy atom. The highest BCUT2D eigenvalue weighted by Crippen LogP contribution is 2.58. The molecular formula is C55H36N2. The molecule has 0 unspecified atom stereocenters. The number of pyridine rings is 1. The van der Waals surface area contributed by atoms with Crippen molar-refractivity contribution in [2.45, 2.75) is 0 Å². The molecule has 0 N–H and O–H groups in total. The fourth-order valence-electron chi connectivity index (χ4n) is 9.01. The first-order valence-corrected chi connectivity index (χ1v) is 19.5. The van der Waals surface area contributed by atoms with Gasteiger partial charge in [0.1, 0.15) is 5.82 Å². The molecule has 0 spiro atoms. The lowest BCUT2D eigenvalue weighted by Gasteiger charge is -2.25. The standard InChI is InChI=1S/C55H36N2/c1-4-16-37(17-5-1)38-29-31-42(32-30-38)57(50-28-12-13-35-56-50)43-23-14-22-41(36-43)44-33-34-49-53-45(44)26-15-27-48(53)54-51(39-18-6-2-7-19-39)46-24-10-11-25-47(46)52(55(49)54)40-20-8-3-9-21-40/h1-36H. The molecule has 0 saturated carbocycles. The van der Waals surface area contributed by atoms with E-state index in [1.165, 1.54) is 82.7 Å². The fraction of sp³-hybridized carbons (Fsp3) is 0. The Balaban J connectivity index is 1.11. The van der Waals surface area contributed by atoms with E-state index < -0.39 is 0 Å². The third kappa shape index (κ3) is 5.45. The van der Waals surface area contributed by atoms with Crippen LogP contribution in [0.1, 0.15) is 0 Å². The Hall–Kier alpha value is -7.55. The normalized spacial score (nSPS) is 11.5. The summed E-state index contributed by atoms with van der Waals surface area (Å²) in [5.74, 6) is 0.868. The van der Waals surface area contributed by atoms with Crippen LogP contribution in [-0.4, -0.2) is 4.98 Å². The van der Waals surface area contributed by atoms with Gasteiger partial charge in [-0.2, -0.15) is 0 Å². The van der Waals surface area contributed by atoms with E-state index in [0.717, 1.165) is 22.8 Å². The molecule has 2 heteroatoms. The number of hydrogen-bond donors (Lipinski definition) is 0. The second-order valence-electron chi connectivity index (χ2n) is 14.7. The predicted molar refractivity (Wildman–Crippen MR) is 240 cm³/mol. The largest absolute Gasteiger partial charge is 0.295 e. The van der Waals surface area contributed by atoms with Gasteiger partial charge < -0.3 is 0 Å². The zero-order valence-corrected chi connectivity index (χ0v) is 31.2. The fourth-order valence-corrected chi connectivity index (χ4v) is 9.01. The van der Waals surface area contributed by atoms with Crippen LogP contribution in [-0.2, 0) is 0 Å². The van der Waals surface area contributed by atoms with Crippen molar-refractivity contribution in [3.8, 4) is 66.8 Å². The molecule has 0 aliphatic heterocycles. The van der Waals surface area contributed by atoms with E-state index >= 15 is 0 Å². The van der Waals surface area contributed by atoms with Crippen molar-refractivity contribution in [3.63, 3.8) is 0 Å². The molecule has 0 bridgehead atoms. The average Bonchev–Trinajstić information content (AvgIpc) is 3.62. The highest BCUT2D eigenvalue weighted by Gasteiger charge is 2.31. The number of anilines is 3. The Morgan fingerprint density at radius 3 is 1.44 bits per heavy atom. The maximum atomic E-state index is 4.83. The summed E-state index contributed by atoms with van der Waals surface area (Å²) in [7, 11) is 0. The topological polar surface area (TPSA) is 16.1 Å². The second-order valence-corrected chi connectivity index (χ2v) is 14.7. The molecule has 0 amide bonds. The van der Waals surface area contributed by atoms with Gasteiger partial charge in [0.15, 0.2) is 0 Å². The summed E-state index contributed by atoms with van der Waals surface area (Å²) >= 11 is 0. The molecule has 1 aliphatic carbocycles. The molecule has 0 radical (unpaired) electrons. The van der Waals surface area contributed by atoms with Gasteiger partial charge in [0.25, 0.3) is 0 Å². The minimum Gasteiger partial charge on any atom is -0.295 e. The van der Waals surface area contributed by atoms with Gasteiger partial charge in [-0.15, -0.1) is 0 Å². The SMILES string of the molecule is c1ccc(-c2ccc(N(c3cccc(-c4ccc5c6c(cccc46)-c4c-5c(-c5ccccc5)c5ccccc5c4-c4ccccc4)c3)c3ccccn3)cc2)cc1. The summed E-state index contributed by atoms with van der Waals surface area (Å²) in [6, 6.07) is 76.7. The Labute approximate surface area is 332 Å². The Bertz CT molecular complexity index is 2990. The summed E-state index contributed by atoms with van der Waals surface area (Å²) in [6.07, 6.45) is 1.86. The van der Waals surface area contributed by atoms with Gasteiger partial charge >= 0.3 is 0 Å². The van der Waals surface area contributed by atoms with Crippen molar-refractivity contribution in [2.75, 3.05) is 4.90 Å². The Kier molecular flexibility index (Phi) is 7.86. The third-order valence-corrected chi connectivity index (χ3v) is 11.4. The first-order chi connectivity index (χ1) is 28.3. The summed E-state index contributed by atoms with van der Waals surface area (Å²) in [4.78, 5) is 7.08. The molecular weight excluding hydrogens is 689 g/mol. The minimum atomic E-state index is 0.868. The molecule has 0 fully saturated rings. The molecule has 0 saturated heterocycles. The van der Waals surface area contributed by atoms with E-state index in [2.05, 4.69) is 211 Å². The maximum Gasteiger partial charge on any atom is 0.137 e. The molecule has 266 valence electrons. The highest BCUT2D eigenvalue weighted by atomic mass is 15.2. The van der Waals surface area contributed by atoms with Gasteiger partial charge in [0, 0.05) is 17.6 Å². The first-order valence-electron chi connectivity index (χ1n) is 19.5. The molecule has 1 aromatic heterocycles. The summed E-state index contributed by atoms with van der Waals surface area (Å²) in [5.41, 5.74) is 17.1. The van der Waals surface area contributed by atoms with Crippen LogP contribution < -0.4 is 4.90 Å². The lowest BCUT2D eigenvalue weighted by Crippen LogP contribution is -2.11. The van der Waals surface area contributed by atoms with Gasteiger partial charge in [-0.05, 0) is 125 Å². The van der Waals surface area contributed by atoms with Crippen molar-refractivity contribution in [3.05, 3.63) is 219 Å². The zero-order valence-electron chi connectivity index (χ0n) is 31.2.